The van der Waals surface area contributed by atoms with Gasteiger partial charge in [0.05, 0.1) is 6.42 Å². The molecule has 3 rings (SSSR count). The Kier molecular flexibility index (Phi) is 3.41. The molecule has 5 heteroatoms. The van der Waals surface area contributed by atoms with Crippen LogP contribution in [0.3, 0.4) is 0 Å². The fourth-order valence-electron chi connectivity index (χ4n) is 2.75. The summed E-state index contributed by atoms with van der Waals surface area (Å²) in [5, 5.41) is 19.7. The number of aromatic hydroxyl groups is 2. The molecule has 0 radical (unpaired) electrons. The summed E-state index contributed by atoms with van der Waals surface area (Å²) >= 11 is 0. The maximum absolute atomic E-state index is 11.8. The average Bonchev–Trinajstić information content (AvgIpc) is 2.45. The highest BCUT2D eigenvalue weighted by atomic mass is 16.5. The van der Waals surface area contributed by atoms with Crippen molar-refractivity contribution in [1.82, 2.24) is 0 Å². The monoisotopic (exact) mass is 299 g/mol. The van der Waals surface area contributed by atoms with E-state index in [2.05, 4.69) is 0 Å². The molecule has 1 aliphatic rings. The van der Waals surface area contributed by atoms with E-state index in [-0.39, 0.29) is 35.6 Å². The van der Waals surface area contributed by atoms with Gasteiger partial charge in [-0.1, -0.05) is 12.1 Å². The van der Waals surface area contributed by atoms with Crippen LogP contribution >= 0.6 is 0 Å². The maximum Gasteiger partial charge on any atom is 0.312 e. The molecule has 1 atom stereocenters. The van der Waals surface area contributed by atoms with Crippen molar-refractivity contribution in [2.24, 2.45) is 0 Å². The van der Waals surface area contributed by atoms with Crippen molar-refractivity contribution in [2.45, 2.75) is 12.3 Å². The Bertz CT molecular complexity index is 722. The summed E-state index contributed by atoms with van der Waals surface area (Å²) in [7, 11) is 3.91. The Labute approximate surface area is 128 Å². The van der Waals surface area contributed by atoms with Crippen LogP contribution in [0.1, 0.15) is 23.5 Å². The molecular formula is C17H17NO4. The number of phenolic OH excluding ortho intramolecular Hbond substituents is 2. The second kappa shape index (κ2) is 5.26. The van der Waals surface area contributed by atoms with E-state index in [9.17, 15) is 15.0 Å². The third-order valence-electron chi connectivity index (χ3n) is 3.86. The quantitative estimate of drug-likeness (QED) is 0.659. The fraction of sp³-hybridized carbons (Fsp3) is 0.235. The van der Waals surface area contributed by atoms with Crippen LogP contribution in [0.2, 0.25) is 0 Å². The van der Waals surface area contributed by atoms with Gasteiger partial charge in [-0.2, -0.15) is 0 Å². The van der Waals surface area contributed by atoms with Gasteiger partial charge in [-0.3, -0.25) is 4.79 Å². The lowest BCUT2D eigenvalue weighted by Crippen LogP contribution is -2.21. The number of anilines is 1. The molecule has 2 N–H and O–H groups in total. The highest BCUT2D eigenvalue weighted by molar-refractivity contribution is 5.79. The van der Waals surface area contributed by atoms with Gasteiger partial charge in [0.1, 0.15) is 17.2 Å². The van der Waals surface area contributed by atoms with Crippen molar-refractivity contribution < 1.29 is 19.7 Å². The normalized spacial score (nSPS) is 16.8. The number of rotatable bonds is 2. The highest BCUT2D eigenvalue weighted by Gasteiger charge is 2.31. The summed E-state index contributed by atoms with van der Waals surface area (Å²) in [6, 6.07) is 10.4. The number of benzene rings is 2. The zero-order valence-corrected chi connectivity index (χ0v) is 12.4. The predicted octanol–water partition coefficient (Wildman–Crippen LogP) is 2.60. The van der Waals surface area contributed by atoms with Gasteiger partial charge in [0.25, 0.3) is 0 Å². The topological polar surface area (TPSA) is 70.0 Å². The zero-order chi connectivity index (χ0) is 15.9. The lowest BCUT2D eigenvalue weighted by molar-refractivity contribution is -0.135. The number of ether oxygens (including phenoxy) is 1. The van der Waals surface area contributed by atoms with Crippen molar-refractivity contribution in [3.8, 4) is 17.2 Å². The second-order valence-corrected chi connectivity index (χ2v) is 5.59. The average molecular weight is 299 g/mol. The summed E-state index contributed by atoms with van der Waals surface area (Å²) in [4.78, 5) is 13.8. The van der Waals surface area contributed by atoms with Crippen molar-refractivity contribution in [2.75, 3.05) is 19.0 Å². The third-order valence-corrected chi connectivity index (χ3v) is 3.86. The van der Waals surface area contributed by atoms with Crippen LogP contribution in [0.4, 0.5) is 5.69 Å². The van der Waals surface area contributed by atoms with Crippen molar-refractivity contribution in [3.05, 3.63) is 47.5 Å². The molecule has 0 saturated heterocycles. The molecule has 1 heterocycles. The van der Waals surface area contributed by atoms with Crippen LogP contribution in [0.25, 0.3) is 0 Å². The van der Waals surface area contributed by atoms with E-state index in [0.29, 0.717) is 5.56 Å². The second-order valence-electron chi connectivity index (χ2n) is 5.59. The molecule has 1 aliphatic heterocycles. The van der Waals surface area contributed by atoms with Crippen LogP contribution in [0.15, 0.2) is 36.4 Å². The van der Waals surface area contributed by atoms with Crippen molar-refractivity contribution >= 4 is 11.7 Å². The summed E-state index contributed by atoms with van der Waals surface area (Å²) in [6.07, 6.45) is 0.159. The zero-order valence-electron chi connectivity index (χ0n) is 12.4. The van der Waals surface area contributed by atoms with E-state index in [1.165, 1.54) is 12.1 Å². The standard InChI is InChI=1S/C17H17NO4/c1-18(2)11-5-3-10(4-6-11)13-9-16(21)22-15-8-12(19)7-14(20)17(13)15/h3-8,13,19-20H,9H2,1-2H3. The maximum atomic E-state index is 11.8. The molecule has 0 spiro atoms. The Morgan fingerprint density at radius 3 is 2.45 bits per heavy atom. The number of carbonyl (C=O) groups excluding carboxylic acids is 1. The van der Waals surface area contributed by atoms with E-state index < -0.39 is 0 Å². The van der Waals surface area contributed by atoms with E-state index in [0.717, 1.165) is 11.3 Å². The van der Waals surface area contributed by atoms with Crippen LogP contribution < -0.4 is 9.64 Å². The number of nitrogens with zero attached hydrogens (tertiary/aromatic N) is 1. The van der Waals surface area contributed by atoms with Gasteiger partial charge in [0.2, 0.25) is 0 Å². The number of fused-ring (bicyclic) bond motifs is 1. The SMILES string of the molecule is CN(C)c1ccc(C2CC(=O)Oc3cc(O)cc(O)c32)cc1. The van der Waals surface area contributed by atoms with Crippen LogP contribution in [-0.2, 0) is 4.79 Å². The molecule has 0 aromatic heterocycles. The van der Waals surface area contributed by atoms with Gasteiger partial charge in [-0.05, 0) is 17.7 Å². The minimum absolute atomic E-state index is 0.0656. The molecule has 0 amide bonds. The number of hydrogen-bond donors (Lipinski definition) is 2. The van der Waals surface area contributed by atoms with Crippen molar-refractivity contribution in [1.29, 1.82) is 0 Å². The smallest absolute Gasteiger partial charge is 0.312 e. The van der Waals surface area contributed by atoms with Crippen molar-refractivity contribution in [3.63, 3.8) is 0 Å². The molecule has 0 saturated carbocycles. The van der Waals surface area contributed by atoms with E-state index in [4.69, 9.17) is 4.74 Å². The molecule has 0 bridgehead atoms. The first-order chi connectivity index (χ1) is 10.5. The lowest BCUT2D eigenvalue weighted by atomic mass is 9.85. The molecular weight excluding hydrogens is 282 g/mol. The summed E-state index contributed by atoms with van der Waals surface area (Å²) in [5.74, 6) is -0.639. The van der Waals surface area contributed by atoms with Gasteiger partial charge in [0, 0.05) is 43.4 Å². The minimum atomic E-state index is -0.376. The van der Waals surface area contributed by atoms with E-state index in [1.54, 1.807) is 0 Å². The largest absolute Gasteiger partial charge is 0.508 e. The molecule has 0 fully saturated rings. The summed E-state index contributed by atoms with van der Waals surface area (Å²) < 4.78 is 5.14. The Morgan fingerprint density at radius 2 is 1.82 bits per heavy atom. The molecule has 0 aliphatic carbocycles. The van der Waals surface area contributed by atoms with Crippen LogP contribution in [0, 0.1) is 0 Å². The predicted molar refractivity (Wildman–Crippen MR) is 82.6 cm³/mol. The summed E-state index contributed by atoms with van der Waals surface area (Å²) in [6.45, 7) is 0. The lowest BCUT2D eigenvalue weighted by Gasteiger charge is -2.26. The van der Waals surface area contributed by atoms with Gasteiger partial charge >= 0.3 is 5.97 Å². The molecule has 1 unspecified atom stereocenters. The summed E-state index contributed by atoms with van der Waals surface area (Å²) in [5.41, 5.74) is 2.51. The van der Waals surface area contributed by atoms with Gasteiger partial charge in [-0.15, -0.1) is 0 Å². The van der Waals surface area contributed by atoms with E-state index >= 15 is 0 Å². The number of phenols is 2. The Morgan fingerprint density at radius 1 is 1.14 bits per heavy atom. The van der Waals surface area contributed by atoms with E-state index in [1.807, 2.05) is 43.3 Å². The molecule has 114 valence electrons. The van der Waals surface area contributed by atoms with Gasteiger partial charge < -0.3 is 19.8 Å². The first kappa shape index (κ1) is 14.3. The fourth-order valence-corrected chi connectivity index (χ4v) is 2.75. The Balaban J connectivity index is 2.07. The van der Waals surface area contributed by atoms with Crippen LogP contribution in [-0.4, -0.2) is 30.3 Å². The molecule has 2 aromatic rings. The first-order valence-corrected chi connectivity index (χ1v) is 6.99. The first-order valence-electron chi connectivity index (χ1n) is 6.99. The minimum Gasteiger partial charge on any atom is -0.508 e. The van der Waals surface area contributed by atoms with Gasteiger partial charge in [0.15, 0.2) is 0 Å². The van der Waals surface area contributed by atoms with Crippen LogP contribution in [0.5, 0.6) is 17.2 Å². The number of esters is 1. The number of carbonyl (C=O) groups is 1. The highest BCUT2D eigenvalue weighted by Crippen LogP contribution is 2.45. The molecule has 22 heavy (non-hydrogen) atoms. The van der Waals surface area contributed by atoms with Gasteiger partial charge in [-0.25, -0.2) is 0 Å². The molecule has 2 aromatic carbocycles. The Hall–Kier alpha value is -2.69. The third kappa shape index (κ3) is 2.45. The number of hydrogen-bond acceptors (Lipinski definition) is 5. The molecule has 5 nitrogen and oxygen atoms in total.